The summed E-state index contributed by atoms with van der Waals surface area (Å²) in [6.07, 6.45) is 17.5. The minimum Gasteiger partial charge on any atom is -0.350 e. The maximum absolute atomic E-state index is 4.38. The van der Waals surface area contributed by atoms with Crippen molar-refractivity contribution in [2.24, 2.45) is 0 Å². The zero-order valence-electron chi connectivity index (χ0n) is 13.8. The van der Waals surface area contributed by atoms with E-state index in [2.05, 4.69) is 54.0 Å². The second-order valence-corrected chi connectivity index (χ2v) is 6.68. The number of pyridine rings is 1. The number of nitrogens with zero attached hydrogens (tertiary/aromatic N) is 2. The predicted octanol–water partition coefficient (Wildman–Crippen LogP) is 5.56. The first-order chi connectivity index (χ1) is 10.7. The Kier molecular flexibility index (Phi) is 4.77. The molecule has 1 aliphatic carbocycles. The first kappa shape index (κ1) is 15.1. The lowest BCUT2D eigenvalue weighted by molar-refractivity contribution is 0.444. The van der Waals surface area contributed by atoms with E-state index in [0.29, 0.717) is 5.92 Å². The van der Waals surface area contributed by atoms with Crippen LogP contribution in [0.15, 0.2) is 48.6 Å². The third kappa shape index (κ3) is 3.49. The van der Waals surface area contributed by atoms with Crippen LogP contribution in [0.5, 0.6) is 0 Å². The second kappa shape index (κ2) is 6.95. The highest BCUT2D eigenvalue weighted by atomic mass is 14.9. The van der Waals surface area contributed by atoms with Gasteiger partial charge in [-0.25, -0.2) is 0 Å². The summed E-state index contributed by atoms with van der Waals surface area (Å²) in [7, 11) is 0. The maximum atomic E-state index is 4.38. The highest BCUT2D eigenvalue weighted by Crippen LogP contribution is 2.37. The molecule has 1 fully saturated rings. The summed E-state index contributed by atoms with van der Waals surface area (Å²) in [6.45, 7) is 5.24. The summed E-state index contributed by atoms with van der Waals surface area (Å²) in [5.74, 6) is 0.716. The Morgan fingerprint density at radius 3 is 2.82 bits per heavy atom. The fourth-order valence-corrected chi connectivity index (χ4v) is 3.42. The summed E-state index contributed by atoms with van der Waals surface area (Å²) >= 11 is 0. The van der Waals surface area contributed by atoms with Gasteiger partial charge in [0.05, 0.1) is 0 Å². The van der Waals surface area contributed by atoms with Crippen LogP contribution in [0.25, 0.3) is 11.1 Å². The van der Waals surface area contributed by atoms with Crippen LogP contribution < -0.4 is 0 Å². The minimum absolute atomic E-state index is 0.716. The maximum Gasteiger partial charge on any atom is 0.0403 e. The van der Waals surface area contributed by atoms with Crippen molar-refractivity contribution < 1.29 is 0 Å². The molecule has 0 bridgehead atoms. The molecule has 1 saturated carbocycles. The van der Waals surface area contributed by atoms with E-state index in [1.807, 2.05) is 12.4 Å². The molecule has 0 aliphatic heterocycles. The molecule has 22 heavy (non-hydrogen) atoms. The lowest BCUT2D eigenvalue weighted by Gasteiger charge is -2.23. The van der Waals surface area contributed by atoms with Gasteiger partial charge in [0.25, 0.3) is 0 Å². The molecule has 2 heterocycles. The normalized spacial score (nSPS) is 15.7. The number of rotatable bonds is 4. The molecule has 2 aromatic heterocycles. The van der Waals surface area contributed by atoms with E-state index in [0.717, 1.165) is 6.54 Å². The van der Waals surface area contributed by atoms with Gasteiger partial charge >= 0.3 is 0 Å². The fourth-order valence-electron chi connectivity index (χ4n) is 3.42. The Balaban J connectivity index is 1.86. The van der Waals surface area contributed by atoms with Crippen LogP contribution in [0.2, 0.25) is 0 Å². The van der Waals surface area contributed by atoms with Crippen LogP contribution >= 0.6 is 0 Å². The smallest absolute Gasteiger partial charge is 0.0403 e. The van der Waals surface area contributed by atoms with Gasteiger partial charge in [-0.1, -0.05) is 30.9 Å². The first-order valence-electron chi connectivity index (χ1n) is 8.47. The molecule has 0 aromatic carbocycles. The van der Waals surface area contributed by atoms with Crippen LogP contribution in [0.4, 0.5) is 0 Å². The standard InChI is InChI=1S/C20H26N2/c1-16(2)9-12-22-13-10-18(15-22)20-14-21-11-8-19(20)17-6-4-3-5-7-17/h8-11,13-15,17H,3-7,12H2,1-2H3. The Morgan fingerprint density at radius 1 is 1.23 bits per heavy atom. The van der Waals surface area contributed by atoms with Crippen LogP contribution in [0.1, 0.15) is 57.4 Å². The Labute approximate surface area is 133 Å². The van der Waals surface area contributed by atoms with Gasteiger partial charge in [-0.15, -0.1) is 0 Å². The van der Waals surface area contributed by atoms with Crippen molar-refractivity contribution in [1.29, 1.82) is 0 Å². The van der Waals surface area contributed by atoms with E-state index >= 15 is 0 Å². The highest BCUT2D eigenvalue weighted by molar-refractivity contribution is 5.66. The van der Waals surface area contributed by atoms with Crippen molar-refractivity contribution in [3.63, 3.8) is 0 Å². The van der Waals surface area contributed by atoms with Crippen molar-refractivity contribution in [3.05, 3.63) is 54.1 Å². The quantitative estimate of drug-likeness (QED) is 0.675. The summed E-state index contributed by atoms with van der Waals surface area (Å²) in [4.78, 5) is 4.38. The Bertz CT molecular complexity index is 641. The molecule has 0 saturated heterocycles. The zero-order chi connectivity index (χ0) is 15.4. The van der Waals surface area contributed by atoms with Crippen LogP contribution in [-0.4, -0.2) is 9.55 Å². The lowest BCUT2D eigenvalue weighted by atomic mass is 9.82. The molecular formula is C20H26N2. The van der Waals surface area contributed by atoms with Crippen LogP contribution in [-0.2, 0) is 6.54 Å². The van der Waals surface area contributed by atoms with Gasteiger partial charge in [0.2, 0.25) is 0 Å². The SMILES string of the molecule is CC(C)=CCn1ccc(-c2cnccc2C2CCCCC2)c1. The van der Waals surface area contributed by atoms with Crippen molar-refractivity contribution in [2.75, 3.05) is 0 Å². The highest BCUT2D eigenvalue weighted by Gasteiger charge is 2.19. The average molecular weight is 294 g/mol. The molecule has 2 aromatic rings. The van der Waals surface area contributed by atoms with Crippen molar-refractivity contribution >= 4 is 0 Å². The molecule has 0 N–H and O–H groups in total. The van der Waals surface area contributed by atoms with Gasteiger partial charge < -0.3 is 4.57 Å². The minimum atomic E-state index is 0.716. The fraction of sp³-hybridized carbons (Fsp3) is 0.450. The van der Waals surface area contributed by atoms with Crippen molar-refractivity contribution in [3.8, 4) is 11.1 Å². The van der Waals surface area contributed by atoms with Crippen molar-refractivity contribution in [2.45, 2.75) is 58.4 Å². The predicted molar refractivity (Wildman–Crippen MR) is 92.9 cm³/mol. The van der Waals surface area contributed by atoms with Gasteiger partial charge in [-0.3, -0.25) is 4.98 Å². The van der Waals surface area contributed by atoms with Gasteiger partial charge in [-0.2, -0.15) is 0 Å². The molecule has 0 spiro atoms. The van der Waals surface area contributed by atoms with Gasteiger partial charge in [-0.05, 0) is 50.3 Å². The zero-order valence-corrected chi connectivity index (χ0v) is 13.8. The van der Waals surface area contributed by atoms with Crippen LogP contribution in [0, 0.1) is 0 Å². The topological polar surface area (TPSA) is 17.8 Å². The Morgan fingerprint density at radius 2 is 2.05 bits per heavy atom. The first-order valence-corrected chi connectivity index (χ1v) is 8.47. The molecule has 0 atom stereocenters. The molecule has 2 nitrogen and oxygen atoms in total. The average Bonchev–Trinajstić information content (AvgIpc) is 3.03. The third-order valence-corrected chi connectivity index (χ3v) is 4.67. The molecular weight excluding hydrogens is 268 g/mol. The third-order valence-electron chi connectivity index (χ3n) is 4.67. The summed E-state index contributed by atoms with van der Waals surface area (Å²) in [6, 6.07) is 4.46. The molecule has 116 valence electrons. The number of allylic oxidation sites excluding steroid dienone is 2. The summed E-state index contributed by atoms with van der Waals surface area (Å²) < 4.78 is 2.25. The molecule has 1 aliphatic rings. The van der Waals surface area contributed by atoms with Crippen molar-refractivity contribution in [1.82, 2.24) is 9.55 Å². The van der Waals surface area contributed by atoms with Gasteiger partial charge in [0.1, 0.15) is 0 Å². The van der Waals surface area contributed by atoms with Crippen LogP contribution in [0.3, 0.4) is 0 Å². The molecule has 2 heteroatoms. The molecule has 0 amide bonds. The molecule has 3 rings (SSSR count). The number of hydrogen-bond acceptors (Lipinski definition) is 1. The van der Waals surface area contributed by atoms with E-state index in [4.69, 9.17) is 0 Å². The molecule has 0 unspecified atom stereocenters. The van der Waals surface area contributed by atoms with E-state index in [9.17, 15) is 0 Å². The lowest BCUT2D eigenvalue weighted by Crippen LogP contribution is -2.06. The van der Waals surface area contributed by atoms with E-state index in [1.165, 1.54) is 54.4 Å². The van der Waals surface area contributed by atoms with Gasteiger partial charge in [0.15, 0.2) is 0 Å². The molecule has 0 radical (unpaired) electrons. The number of aromatic nitrogens is 2. The number of hydrogen-bond donors (Lipinski definition) is 0. The van der Waals surface area contributed by atoms with E-state index in [1.54, 1.807) is 0 Å². The Hall–Kier alpha value is -1.83. The monoisotopic (exact) mass is 294 g/mol. The van der Waals surface area contributed by atoms with Gasteiger partial charge in [0, 0.05) is 42.5 Å². The largest absolute Gasteiger partial charge is 0.350 e. The van der Waals surface area contributed by atoms with E-state index < -0.39 is 0 Å². The summed E-state index contributed by atoms with van der Waals surface area (Å²) in [5.41, 5.74) is 5.48. The second-order valence-electron chi connectivity index (χ2n) is 6.68. The summed E-state index contributed by atoms with van der Waals surface area (Å²) in [5, 5.41) is 0. The van der Waals surface area contributed by atoms with E-state index in [-0.39, 0.29) is 0 Å².